The molecule has 0 amide bonds. The van der Waals surface area contributed by atoms with E-state index in [2.05, 4.69) is 50.4 Å². The quantitative estimate of drug-likeness (QED) is 0.825. The number of aryl methyl sites for hydroxylation is 1. The first-order chi connectivity index (χ1) is 8.65. The third kappa shape index (κ3) is 3.84. The van der Waals surface area contributed by atoms with Crippen LogP contribution in [0.5, 0.6) is 0 Å². The summed E-state index contributed by atoms with van der Waals surface area (Å²) in [5.74, 6) is 1.85. The van der Waals surface area contributed by atoms with Crippen LogP contribution >= 0.6 is 0 Å². The van der Waals surface area contributed by atoms with Crippen LogP contribution in [0.25, 0.3) is 0 Å². The van der Waals surface area contributed by atoms with Crippen LogP contribution in [-0.4, -0.2) is 6.54 Å². The molecule has 0 unspecified atom stereocenters. The highest BCUT2D eigenvalue weighted by Gasteiger charge is 2.18. The average molecular weight is 245 g/mol. The smallest absolute Gasteiger partial charge is 0.0292 e. The zero-order chi connectivity index (χ0) is 13.0. The Morgan fingerprint density at radius 1 is 1.22 bits per heavy atom. The number of nitrogens with one attached hydrogen (secondary N) is 1. The van der Waals surface area contributed by atoms with E-state index in [9.17, 15) is 0 Å². The number of rotatable bonds is 4. The van der Waals surface area contributed by atoms with Crippen LogP contribution in [0.15, 0.2) is 24.3 Å². The van der Waals surface area contributed by atoms with Gasteiger partial charge >= 0.3 is 0 Å². The van der Waals surface area contributed by atoms with Crippen molar-refractivity contribution in [3.8, 4) is 0 Å². The molecule has 100 valence electrons. The summed E-state index contributed by atoms with van der Waals surface area (Å²) in [6.45, 7) is 8.01. The predicted octanol–water partition coefficient (Wildman–Crippen LogP) is 4.47. The SMILES string of the molecule is Cc1cccc([C@H](C)NCC2CCC(C)CC2)c1. The maximum atomic E-state index is 3.71. The van der Waals surface area contributed by atoms with E-state index in [1.165, 1.54) is 43.4 Å². The van der Waals surface area contributed by atoms with Crippen LogP contribution in [0.3, 0.4) is 0 Å². The van der Waals surface area contributed by atoms with Crippen molar-refractivity contribution in [1.29, 1.82) is 0 Å². The van der Waals surface area contributed by atoms with Crippen molar-refractivity contribution in [2.75, 3.05) is 6.54 Å². The highest BCUT2D eigenvalue weighted by atomic mass is 14.9. The van der Waals surface area contributed by atoms with Gasteiger partial charge in [0.15, 0.2) is 0 Å². The van der Waals surface area contributed by atoms with E-state index < -0.39 is 0 Å². The van der Waals surface area contributed by atoms with Gasteiger partial charge in [-0.3, -0.25) is 0 Å². The van der Waals surface area contributed by atoms with Crippen LogP contribution in [0.4, 0.5) is 0 Å². The molecule has 1 saturated carbocycles. The standard InChI is InChI=1S/C17H27N/c1-13-7-9-16(10-8-13)12-18-15(3)17-6-4-5-14(2)11-17/h4-6,11,13,15-16,18H,7-10,12H2,1-3H3/t13?,15-,16?/m0/s1. The fraction of sp³-hybridized carbons (Fsp3) is 0.647. The normalized spacial score (nSPS) is 25.9. The molecule has 0 radical (unpaired) electrons. The van der Waals surface area contributed by atoms with Gasteiger partial charge in [-0.05, 0) is 50.6 Å². The molecule has 1 aliphatic carbocycles. The Morgan fingerprint density at radius 3 is 2.61 bits per heavy atom. The summed E-state index contributed by atoms with van der Waals surface area (Å²) in [5.41, 5.74) is 2.77. The van der Waals surface area contributed by atoms with Crippen LogP contribution in [0.1, 0.15) is 56.7 Å². The Hall–Kier alpha value is -0.820. The van der Waals surface area contributed by atoms with Crippen molar-refractivity contribution < 1.29 is 0 Å². The molecule has 1 aromatic rings. The van der Waals surface area contributed by atoms with Gasteiger partial charge in [0.05, 0.1) is 0 Å². The zero-order valence-electron chi connectivity index (χ0n) is 12.1. The lowest BCUT2D eigenvalue weighted by atomic mass is 9.83. The van der Waals surface area contributed by atoms with Crippen LogP contribution in [0.2, 0.25) is 0 Å². The molecule has 0 saturated heterocycles. The number of benzene rings is 1. The minimum atomic E-state index is 0.476. The Labute approximate surface area is 112 Å². The largest absolute Gasteiger partial charge is 0.310 e. The van der Waals surface area contributed by atoms with E-state index in [4.69, 9.17) is 0 Å². The molecule has 1 N–H and O–H groups in total. The predicted molar refractivity (Wildman–Crippen MR) is 78.7 cm³/mol. The molecule has 0 spiro atoms. The summed E-state index contributed by atoms with van der Waals surface area (Å²) < 4.78 is 0. The molecule has 0 aromatic heterocycles. The molecular formula is C17H27N. The Kier molecular flexibility index (Phi) is 4.82. The maximum Gasteiger partial charge on any atom is 0.0292 e. The van der Waals surface area contributed by atoms with Crippen molar-refractivity contribution in [1.82, 2.24) is 5.32 Å². The lowest BCUT2D eigenvalue weighted by Gasteiger charge is -2.27. The van der Waals surface area contributed by atoms with Gasteiger partial charge in [0, 0.05) is 6.04 Å². The molecule has 18 heavy (non-hydrogen) atoms. The maximum absolute atomic E-state index is 3.71. The third-order valence-electron chi connectivity index (χ3n) is 4.39. The first-order valence-electron chi connectivity index (χ1n) is 7.45. The van der Waals surface area contributed by atoms with Gasteiger partial charge in [-0.15, -0.1) is 0 Å². The Bertz CT molecular complexity index is 364. The summed E-state index contributed by atoms with van der Waals surface area (Å²) in [6.07, 6.45) is 5.67. The molecule has 1 atom stereocenters. The second-order valence-corrected chi connectivity index (χ2v) is 6.17. The summed E-state index contributed by atoms with van der Waals surface area (Å²) in [7, 11) is 0. The zero-order valence-corrected chi connectivity index (χ0v) is 12.1. The Morgan fingerprint density at radius 2 is 1.94 bits per heavy atom. The molecule has 1 heteroatoms. The van der Waals surface area contributed by atoms with Gasteiger partial charge in [0.2, 0.25) is 0 Å². The van der Waals surface area contributed by atoms with Crippen LogP contribution in [0, 0.1) is 18.8 Å². The molecule has 1 aromatic carbocycles. The van der Waals surface area contributed by atoms with E-state index in [1.54, 1.807) is 0 Å². The molecule has 0 bridgehead atoms. The lowest BCUT2D eigenvalue weighted by Crippen LogP contribution is -2.28. The van der Waals surface area contributed by atoms with Gasteiger partial charge in [-0.25, -0.2) is 0 Å². The second-order valence-electron chi connectivity index (χ2n) is 6.17. The minimum absolute atomic E-state index is 0.476. The molecule has 0 aliphatic heterocycles. The van der Waals surface area contributed by atoms with E-state index in [0.717, 1.165) is 11.8 Å². The number of hydrogen-bond donors (Lipinski definition) is 1. The number of hydrogen-bond acceptors (Lipinski definition) is 1. The molecule has 1 nitrogen and oxygen atoms in total. The average Bonchev–Trinajstić information content (AvgIpc) is 2.38. The van der Waals surface area contributed by atoms with E-state index in [1.807, 2.05) is 0 Å². The second kappa shape index (κ2) is 6.38. The van der Waals surface area contributed by atoms with Gasteiger partial charge in [0.1, 0.15) is 0 Å². The van der Waals surface area contributed by atoms with Crippen molar-refractivity contribution >= 4 is 0 Å². The van der Waals surface area contributed by atoms with Crippen molar-refractivity contribution in [3.05, 3.63) is 35.4 Å². The highest BCUT2D eigenvalue weighted by Crippen LogP contribution is 2.28. The molecular weight excluding hydrogens is 218 g/mol. The van der Waals surface area contributed by atoms with E-state index in [0.29, 0.717) is 6.04 Å². The van der Waals surface area contributed by atoms with Gasteiger partial charge in [0.25, 0.3) is 0 Å². The summed E-state index contributed by atoms with van der Waals surface area (Å²) in [5, 5.41) is 3.71. The first-order valence-corrected chi connectivity index (χ1v) is 7.45. The van der Waals surface area contributed by atoms with Gasteiger partial charge < -0.3 is 5.32 Å². The fourth-order valence-corrected chi connectivity index (χ4v) is 2.93. The van der Waals surface area contributed by atoms with Crippen LogP contribution < -0.4 is 5.32 Å². The van der Waals surface area contributed by atoms with Gasteiger partial charge in [-0.1, -0.05) is 49.6 Å². The summed E-state index contributed by atoms with van der Waals surface area (Å²) in [6, 6.07) is 9.32. The lowest BCUT2D eigenvalue weighted by molar-refractivity contribution is 0.276. The topological polar surface area (TPSA) is 12.0 Å². The van der Waals surface area contributed by atoms with Crippen molar-refractivity contribution in [2.45, 2.75) is 52.5 Å². The monoisotopic (exact) mass is 245 g/mol. The highest BCUT2D eigenvalue weighted by molar-refractivity contribution is 5.24. The molecule has 1 aliphatic rings. The third-order valence-corrected chi connectivity index (χ3v) is 4.39. The minimum Gasteiger partial charge on any atom is -0.310 e. The van der Waals surface area contributed by atoms with Crippen molar-refractivity contribution in [3.63, 3.8) is 0 Å². The summed E-state index contributed by atoms with van der Waals surface area (Å²) in [4.78, 5) is 0. The van der Waals surface area contributed by atoms with E-state index >= 15 is 0 Å². The van der Waals surface area contributed by atoms with Crippen molar-refractivity contribution in [2.24, 2.45) is 11.8 Å². The molecule has 1 fully saturated rings. The Balaban J connectivity index is 1.79. The first kappa shape index (κ1) is 13.6. The van der Waals surface area contributed by atoms with Gasteiger partial charge in [-0.2, -0.15) is 0 Å². The molecule has 0 heterocycles. The fourth-order valence-electron chi connectivity index (χ4n) is 2.93. The van der Waals surface area contributed by atoms with Crippen LogP contribution in [-0.2, 0) is 0 Å². The molecule has 2 rings (SSSR count). The van der Waals surface area contributed by atoms with E-state index in [-0.39, 0.29) is 0 Å². The summed E-state index contributed by atoms with van der Waals surface area (Å²) >= 11 is 0.